The third kappa shape index (κ3) is 5.06. The number of nitrogens with two attached hydrogens (primary N) is 1. The van der Waals surface area contributed by atoms with Gasteiger partial charge in [0.25, 0.3) is 0 Å². The van der Waals surface area contributed by atoms with Gasteiger partial charge in [-0.05, 0) is 25.1 Å². The van der Waals surface area contributed by atoms with Crippen molar-refractivity contribution >= 4 is 45.5 Å². The second-order valence-corrected chi connectivity index (χ2v) is 8.58. The lowest BCUT2D eigenvalue weighted by atomic mass is 10.1. The summed E-state index contributed by atoms with van der Waals surface area (Å²) in [5.74, 6) is -0.437. The maximum absolute atomic E-state index is 13.2. The van der Waals surface area contributed by atoms with Gasteiger partial charge in [-0.25, -0.2) is 0 Å². The normalized spacial score (nSPS) is 16.1. The Morgan fingerprint density at radius 3 is 2.68 bits per heavy atom. The van der Waals surface area contributed by atoms with E-state index in [4.69, 9.17) is 10.5 Å². The number of rotatable bonds is 5. The largest absolute Gasteiger partial charge is 0.416 e. The Morgan fingerprint density at radius 1 is 1.36 bits per heavy atom. The first kappa shape index (κ1) is 20.7. The van der Waals surface area contributed by atoms with E-state index in [9.17, 15) is 18.0 Å². The van der Waals surface area contributed by atoms with Crippen molar-refractivity contribution in [2.24, 2.45) is 0 Å². The molecule has 7 nitrogen and oxygen atoms in total. The molecule has 1 saturated heterocycles. The molecule has 1 fully saturated rings. The highest BCUT2D eigenvalue weighted by Crippen LogP contribution is 2.36. The molecule has 0 radical (unpaired) electrons. The van der Waals surface area contributed by atoms with Crippen molar-refractivity contribution in [3.63, 3.8) is 0 Å². The Balaban J connectivity index is 1.81. The average Bonchev–Trinajstić information content (AvgIpc) is 3.06. The van der Waals surface area contributed by atoms with Crippen LogP contribution in [-0.2, 0) is 15.7 Å². The van der Waals surface area contributed by atoms with Crippen molar-refractivity contribution in [3.8, 4) is 0 Å². The van der Waals surface area contributed by atoms with Crippen LogP contribution in [0, 0.1) is 0 Å². The smallest absolute Gasteiger partial charge is 0.378 e. The molecule has 1 aliphatic heterocycles. The average molecular weight is 433 g/mol. The zero-order valence-corrected chi connectivity index (χ0v) is 16.5. The van der Waals surface area contributed by atoms with Gasteiger partial charge in [0.05, 0.1) is 35.4 Å². The third-order valence-corrected chi connectivity index (χ3v) is 5.94. The van der Waals surface area contributed by atoms with Crippen LogP contribution in [0.25, 0.3) is 0 Å². The first-order valence-electron chi connectivity index (χ1n) is 8.34. The van der Waals surface area contributed by atoms with Gasteiger partial charge in [-0.1, -0.05) is 23.1 Å². The molecule has 1 aliphatic rings. The molecule has 0 unspecified atom stereocenters. The van der Waals surface area contributed by atoms with Gasteiger partial charge >= 0.3 is 6.18 Å². The number of carbonyl (C=O) groups excluding carboxylic acids is 1. The number of hydrogen-bond donors (Lipinski definition) is 2. The minimum absolute atomic E-state index is 0.117. The SMILES string of the molecule is C[C@@H](Sc1nnc(N)s1)C(=O)Nc1cc(C(F)(F)F)ccc1N1CCOCC1. The van der Waals surface area contributed by atoms with Gasteiger partial charge in [-0.15, -0.1) is 10.2 Å². The third-order valence-electron chi connectivity index (χ3n) is 4.00. The molecule has 2 heterocycles. The number of alkyl halides is 3. The quantitative estimate of drug-likeness (QED) is 0.700. The molecule has 12 heteroatoms. The number of ether oxygens (including phenoxy) is 1. The molecule has 2 aromatic rings. The van der Waals surface area contributed by atoms with Crippen LogP contribution in [0.3, 0.4) is 0 Å². The molecule has 3 N–H and O–H groups in total. The molecule has 0 saturated carbocycles. The van der Waals surface area contributed by atoms with Crippen LogP contribution in [0.4, 0.5) is 29.7 Å². The number of aromatic nitrogens is 2. The summed E-state index contributed by atoms with van der Waals surface area (Å²) < 4.78 is 45.3. The lowest BCUT2D eigenvalue weighted by Crippen LogP contribution is -2.37. The topological polar surface area (TPSA) is 93.4 Å². The van der Waals surface area contributed by atoms with E-state index in [1.54, 1.807) is 6.92 Å². The molecule has 1 aromatic carbocycles. The van der Waals surface area contributed by atoms with Crippen LogP contribution in [0.1, 0.15) is 12.5 Å². The number of anilines is 3. The fraction of sp³-hybridized carbons (Fsp3) is 0.438. The lowest BCUT2D eigenvalue weighted by molar-refractivity contribution is -0.137. The molecule has 1 atom stereocenters. The van der Waals surface area contributed by atoms with Gasteiger partial charge in [-0.2, -0.15) is 13.2 Å². The first-order valence-corrected chi connectivity index (χ1v) is 10.0. The van der Waals surface area contributed by atoms with Crippen molar-refractivity contribution in [2.45, 2.75) is 22.7 Å². The maximum Gasteiger partial charge on any atom is 0.416 e. The van der Waals surface area contributed by atoms with Crippen molar-refractivity contribution in [1.29, 1.82) is 0 Å². The van der Waals surface area contributed by atoms with Crippen LogP contribution in [0.5, 0.6) is 0 Å². The molecule has 1 aromatic heterocycles. The van der Waals surface area contributed by atoms with Crippen LogP contribution < -0.4 is 16.0 Å². The molecule has 0 bridgehead atoms. The summed E-state index contributed by atoms with van der Waals surface area (Å²) in [5, 5.41) is 9.83. The fourth-order valence-corrected chi connectivity index (χ4v) is 4.38. The Hall–Kier alpha value is -2.05. The highest BCUT2D eigenvalue weighted by molar-refractivity contribution is 8.02. The Kier molecular flexibility index (Phi) is 6.30. The van der Waals surface area contributed by atoms with E-state index in [0.29, 0.717) is 36.3 Å². The van der Waals surface area contributed by atoms with E-state index in [2.05, 4.69) is 15.5 Å². The Bertz CT molecular complexity index is 840. The number of benzene rings is 1. The van der Waals surface area contributed by atoms with E-state index in [1.165, 1.54) is 6.07 Å². The van der Waals surface area contributed by atoms with Crippen LogP contribution in [0.2, 0.25) is 0 Å². The number of hydrogen-bond acceptors (Lipinski definition) is 8. The van der Waals surface area contributed by atoms with Crippen molar-refractivity contribution in [1.82, 2.24) is 10.2 Å². The Labute approximate surface area is 167 Å². The van der Waals surface area contributed by atoms with E-state index < -0.39 is 22.9 Å². The number of nitrogens with zero attached hydrogens (tertiary/aromatic N) is 3. The van der Waals surface area contributed by atoms with E-state index in [1.807, 2.05) is 4.90 Å². The minimum atomic E-state index is -4.51. The summed E-state index contributed by atoms with van der Waals surface area (Å²) >= 11 is 2.28. The van der Waals surface area contributed by atoms with Gasteiger partial charge in [-0.3, -0.25) is 4.79 Å². The van der Waals surface area contributed by atoms with E-state index >= 15 is 0 Å². The number of carbonyl (C=O) groups is 1. The standard InChI is InChI=1S/C16H18F3N5O2S2/c1-9(27-15-23-22-14(20)28-15)13(25)21-11-8-10(16(17,18)19)2-3-12(11)24-4-6-26-7-5-24/h2-3,8-9H,4-7H2,1H3,(H2,20,22)(H,21,25)/t9-/m1/s1. The second kappa shape index (κ2) is 8.53. The van der Waals surface area contributed by atoms with E-state index in [-0.39, 0.29) is 10.8 Å². The van der Waals surface area contributed by atoms with Gasteiger partial charge in [0, 0.05) is 13.1 Å². The van der Waals surface area contributed by atoms with Crippen molar-refractivity contribution < 1.29 is 22.7 Å². The molecular weight excluding hydrogens is 415 g/mol. The van der Waals surface area contributed by atoms with Gasteiger partial charge < -0.3 is 20.7 Å². The minimum Gasteiger partial charge on any atom is -0.378 e. The number of halogens is 3. The fourth-order valence-electron chi connectivity index (χ4n) is 2.60. The number of thioether (sulfide) groups is 1. The zero-order chi connectivity index (χ0) is 20.3. The van der Waals surface area contributed by atoms with Gasteiger partial charge in [0.1, 0.15) is 0 Å². The first-order chi connectivity index (χ1) is 13.2. The number of amides is 1. The number of nitrogen functional groups attached to an aromatic ring is 1. The van der Waals surface area contributed by atoms with Crippen LogP contribution in [0.15, 0.2) is 22.5 Å². The second-order valence-electron chi connectivity index (χ2n) is 5.98. The molecule has 28 heavy (non-hydrogen) atoms. The molecular formula is C16H18F3N5O2S2. The maximum atomic E-state index is 13.2. The summed E-state index contributed by atoms with van der Waals surface area (Å²) in [6, 6.07) is 3.36. The summed E-state index contributed by atoms with van der Waals surface area (Å²) in [4.78, 5) is 14.5. The molecule has 3 rings (SSSR count). The number of morpholine rings is 1. The Morgan fingerprint density at radius 2 is 2.07 bits per heavy atom. The predicted octanol–water partition coefficient (Wildman–Crippen LogP) is 3.10. The predicted molar refractivity (Wildman–Crippen MR) is 103 cm³/mol. The molecule has 0 spiro atoms. The summed E-state index contributed by atoms with van der Waals surface area (Å²) in [5.41, 5.74) is 5.35. The summed E-state index contributed by atoms with van der Waals surface area (Å²) in [6.45, 7) is 3.64. The summed E-state index contributed by atoms with van der Waals surface area (Å²) in [6.07, 6.45) is -4.51. The molecule has 1 amide bonds. The number of nitrogens with one attached hydrogen (secondary N) is 1. The molecule has 152 valence electrons. The zero-order valence-electron chi connectivity index (χ0n) is 14.8. The lowest BCUT2D eigenvalue weighted by Gasteiger charge is -2.31. The highest BCUT2D eigenvalue weighted by atomic mass is 32.2. The van der Waals surface area contributed by atoms with E-state index in [0.717, 1.165) is 35.2 Å². The van der Waals surface area contributed by atoms with Crippen molar-refractivity contribution in [2.75, 3.05) is 42.3 Å². The van der Waals surface area contributed by atoms with Crippen LogP contribution >= 0.6 is 23.1 Å². The summed E-state index contributed by atoms with van der Waals surface area (Å²) in [7, 11) is 0. The van der Waals surface area contributed by atoms with Crippen LogP contribution in [-0.4, -0.2) is 47.7 Å². The van der Waals surface area contributed by atoms with Gasteiger partial charge in [0.15, 0.2) is 4.34 Å². The highest BCUT2D eigenvalue weighted by Gasteiger charge is 2.32. The van der Waals surface area contributed by atoms with Crippen molar-refractivity contribution in [3.05, 3.63) is 23.8 Å². The van der Waals surface area contributed by atoms with Gasteiger partial charge in [0.2, 0.25) is 11.0 Å². The molecule has 0 aliphatic carbocycles. The monoisotopic (exact) mass is 433 g/mol.